The summed E-state index contributed by atoms with van der Waals surface area (Å²) in [6.45, 7) is 2.28. The number of fused-ring (bicyclic) bond motifs is 2. The highest BCUT2D eigenvalue weighted by atomic mass is 32.1. The average Bonchev–Trinajstić information content (AvgIpc) is 3.16. The quantitative estimate of drug-likeness (QED) is 0.744. The Morgan fingerprint density at radius 1 is 1.42 bits per heavy atom. The largest absolute Gasteiger partial charge is 0.361 e. The van der Waals surface area contributed by atoms with Crippen LogP contribution in [0.3, 0.4) is 0 Å². The van der Waals surface area contributed by atoms with Crippen LogP contribution in [-0.2, 0) is 24.1 Å². The number of aromatic nitrogens is 2. The van der Waals surface area contributed by atoms with Gasteiger partial charge in [0.25, 0.3) is 0 Å². The number of amides is 1. The number of benzene rings is 1. The number of aromatic amines is 1. The number of aryl methyl sites for hydroxylation is 2. The van der Waals surface area contributed by atoms with Crippen molar-refractivity contribution in [3.8, 4) is 0 Å². The smallest absolute Gasteiger partial charge is 0.226 e. The van der Waals surface area contributed by atoms with Crippen LogP contribution in [0.2, 0.25) is 0 Å². The Balaban J connectivity index is 1.39. The molecule has 2 N–H and O–H groups in total. The van der Waals surface area contributed by atoms with Gasteiger partial charge in [-0.05, 0) is 43.2 Å². The lowest BCUT2D eigenvalue weighted by atomic mass is 9.93. The number of para-hydroxylation sites is 1. The standard InChI is InChI=1S/C19H21N3OS/c1-12-6-8-16-17(10-12)24-19(21-16)22-18(23)9-7-13-11-20-15-5-3-2-4-14(13)15/h2-5,11-12,20H,6-10H2,1H3,(H,21,22,23)/t12-/m1/s1. The van der Waals surface area contributed by atoms with E-state index in [2.05, 4.69) is 34.3 Å². The highest BCUT2D eigenvalue weighted by molar-refractivity contribution is 7.15. The molecule has 5 heteroatoms. The van der Waals surface area contributed by atoms with E-state index in [1.807, 2.05) is 18.3 Å². The fraction of sp³-hybridized carbons (Fsp3) is 0.368. The van der Waals surface area contributed by atoms with Crippen molar-refractivity contribution < 1.29 is 4.79 Å². The van der Waals surface area contributed by atoms with Crippen molar-refractivity contribution in [2.45, 2.75) is 39.0 Å². The summed E-state index contributed by atoms with van der Waals surface area (Å²) in [5, 5.41) is 4.94. The highest BCUT2D eigenvalue weighted by Crippen LogP contribution is 2.32. The first-order valence-electron chi connectivity index (χ1n) is 8.52. The zero-order valence-electron chi connectivity index (χ0n) is 13.8. The molecule has 3 aromatic rings. The van der Waals surface area contributed by atoms with Crippen molar-refractivity contribution in [3.05, 3.63) is 46.6 Å². The number of anilines is 1. The molecule has 0 fully saturated rings. The van der Waals surface area contributed by atoms with Crippen molar-refractivity contribution in [3.63, 3.8) is 0 Å². The predicted octanol–water partition coefficient (Wildman–Crippen LogP) is 4.32. The van der Waals surface area contributed by atoms with Crippen LogP contribution in [0.25, 0.3) is 10.9 Å². The maximum atomic E-state index is 12.3. The fourth-order valence-electron chi connectivity index (χ4n) is 3.36. The Labute approximate surface area is 145 Å². The van der Waals surface area contributed by atoms with Gasteiger partial charge in [0, 0.05) is 28.4 Å². The number of nitrogens with zero attached hydrogens (tertiary/aromatic N) is 1. The van der Waals surface area contributed by atoms with Crippen LogP contribution in [0.15, 0.2) is 30.5 Å². The van der Waals surface area contributed by atoms with E-state index >= 15 is 0 Å². The van der Waals surface area contributed by atoms with Gasteiger partial charge in [-0.15, -0.1) is 11.3 Å². The van der Waals surface area contributed by atoms with E-state index in [9.17, 15) is 4.79 Å². The summed E-state index contributed by atoms with van der Waals surface area (Å²) >= 11 is 1.64. The van der Waals surface area contributed by atoms with Gasteiger partial charge < -0.3 is 10.3 Å². The molecule has 124 valence electrons. The Bertz CT molecular complexity index is 880. The van der Waals surface area contributed by atoms with Gasteiger partial charge in [-0.25, -0.2) is 4.98 Å². The first-order valence-corrected chi connectivity index (χ1v) is 9.34. The number of carbonyl (C=O) groups excluding carboxylic acids is 1. The third-order valence-electron chi connectivity index (χ3n) is 4.73. The minimum atomic E-state index is 0.0411. The van der Waals surface area contributed by atoms with Crippen molar-refractivity contribution in [1.29, 1.82) is 0 Å². The van der Waals surface area contributed by atoms with Crippen LogP contribution in [0.1, 0.15) is 35.9 Å². The normalized spacial score (nSPS) is 17.0. The van der Waals surface area contributed by atoms with E-state index in [-0.39, 0.29) is 5.91 Å². The number of H-pyrrole nitrogens is 1. The van der Waals surface area contributed by atoms with Gasteiger partial charge in [-0.2, -0.15) is 0 Å². The monoisotopic (exact) mass is 339 g/mol. The van der Waals surface area contributed by atoms with Gasteiger partial charge in [0.1, 0.15) is 0 Å². The number of thiazole rings is 1. The highest BCUT2D eigenvalue weighted by Gasteiger charge is 2.20. The molecule has 2 aromatic heterocycles. The molecule has 0 spiro atoms. The van der Waals surface area contributed by atoms with Crippen molar-refractivity contribution >= 4 is 33.3 Å². The molecule has 4 rings (SSSR count). The second-order valence-corrected chi connectivity index (χ2v) is 7.73. The van der Waals surface area contributed by atoms with Gasteiger partial charge in [-0.1, -0.05) is 25.1 Å². The van der Waals surface area contributed by atoms with E-state index in [1.54, 1.807) is 11.3 Å². The molecule has 24 heavy (non-hydrogen) atoms. The lowest BCUT2D eigenvalue weighted by Crippen LogP contribution is -2.12. The summed E-state index contributed by atoms with van der Waals surface area (Å²) in [4.78, 5) is 21.5. The Kier molecular flexibility index (Phi) is 4.10. The summed E-state index contributed by atoms with van der Waals surface area (Å²) in [6.07, 6.45) is 6.54. The van der Waals surface area contributed by atoms with E-state index < -0.39 is 0 Å². The molecule has 1 aliphatic carbocycles. The van der Waals surface area contributed by atoms with E-state index in [4.69, 9.17) is 0 Å². The minimum Gasteiger partial charge on any atom is -0.361 e. The molecule has 4 nitrogen and oxygen atoms in total. The van der Waals surface area contributed by atoms with Crippen molar-refractivity contribution in [1.82, 2.24) is 9.97 Å². The van der Waals surface area contributed by atoms with E-state index in [0.29, 0.717) is 6.42 Å². The van der Waals surface area contributed by atoms with Gasteiger partial charge in [0.2, 0.25) is 5.91 Å². The zero-order valence-corrected chi connectivity index (χ0v) is 14.6. The number of nitrogens with one attached hydrogen (secondary N) is 2. The third-order valence-corrected chi connectivity index (χ3v) is 5.76. The first-order chi connectivity index (χ1) is 11.7. The Hall–Kier alpha value is -2.14. The molecule has 2 heterocycles. The van der Waals surface area contributed by atoms with Gasteiger partial charge in [0.05, 0.1) is 5.69 Å². The lowest BCUT2D eigenvalue weighted by molar-refractivity contribution is -0.116. The second-order valence-electron chi connectivity index (χ2n) is 6.64. The predicted molar refractivity (Wildman–Crippen MR) is 98.6 cm³/mol. The van der Waals surface area contributed by atoms with Crippen LogP contribution >= 0.6 is 11.3 Å². The molecule has 1 aromatic carbocycles. The molecule has 0 saturated heterocycles. The number of rotatable bonds is 4. The average molecular weight is 339 g/mol. The van der Waals surface area contributed by atoms with E-state index in [1.165, 1.54) is 27.9 Å². The number of carbonyl (C=O) groups is 1. The number of hydrogen-bond donors (Lipinski definition) is 2. The van der Waals surface area contributed by atoms with Crippen molar-refractivity contribution in [2.24, 2.45) is 5.92 Å². The molecule has 0 unspecified atom stereocenters. The van der Waals surface area contributed by atoms with Crippen molar-refractivity contribution in [2.75, 3.05) is 5.32 Å². The van der Waals surface area contributed by atoms with E-state index in [0.717, 1.165) is 35.8 Å². The summed E-state index contributed by atoms with van der Waals surface area (Å²) in [6, 6.07) is 8.19. The van der Waals surface area contributed by atoms with Crippen LogP contribution < -0.4 is 5.32 Å². The van der Waals surface area contributed by atoms with Crippen LogP contribution in [0, 0.1) is 5.92 Å². The SMILES string of the molecule is C[C@@H]1CCc2nc(NC(=O)CCc3c[nH]c4ccccc34)sc2C1. The van der Waals surface area contributed by atoms with Crippen LogP contribution in [-0.4, -0.2) is 15.9 Å². The maximum absolute atomic E-state index is 12.3. The molecular weight excluding hydrogens is 318 g/mol. The number of hydrogen-bond acceptors (Lipinski definition) is 3. The minimum absolute atomic E-state index is 0.0411. The molecule has 1 amide bonds. The summed E-state index contributed by atoms with van der Waals surface area (Å²) < 4.78 is 0. The third kappa shape index (κ3) is 3.08. The van der Waals surface area contributed by atoms with Gasteiger partial charge in [-0.3, -0.25) is 4.79 Å². The summed E-state index contributed by atoms with van der Waals surface area (Å²) in [5.74, 6) is 0.766. The van der Waals surface area contributed by atoms with Gasteiger partial charge in [0.15, 0.2) is 5.13 Å². The summed E-state index contributed by atoms with van der Waals surface area (Å²) in [7, 11) is 0. The fourth-order valence-corrected chi connectivity index (χ4v) is 4.55. The molecule has 1 aliphatic rings. The molecule has 0 radical (unpaired) electrons. The van der Waals surface area contributed by atoms with Crippen LogP contribution in [0.5, 0.6) is 0 Å². The van der Waals surface area contributed by atoms with Crippen LogP contribution in [0.4, 0.5) is 5.13 Å². The first kappa shape index (κ1) is 15.4. The van der Waals surface area contributed by atoms with Gasteiger partial charge >= 0.3 is 0 Å². The second kappa shape index (κ2) is 6.40. The lowest BCUT2D eigenvalue weighted by Gasteiger charge is -2.15. The Morgan fingerprint density at radius 2 is 2.29 bits per heavy atom. The molecule has 0 saturated carbocycles. The molecule has 0 bridgehead atoms. The molecule has 0 aliphatic heterocycles. The summed E-state index contributed by atoms with van der Waals surface area (Å²) in [5.41, 5.74) is 3.49. The molecule has 1 atom stereocenters. The maximum Gasteiger partial charge on any atom is 0.226 e. The zero-order chi connectivity index (χ0) is 16.5. The topological polar surface area (TPSA) is 57.8 Å². The molecular formula is C19H21N3OS. The Morgan fingerprint density at radius 3 is 3.21 bits per heavy atom.